The summed E-state index contributed by atoms with van der Waals surface area (Å²) in [6.45, 7) is 5.15. The summed E-state index contributed by atoms with van der Waals surface area (Å²) >= 11 is 6.14. The van der Waals surface area contributed by atoms with Crippen LogP contribution in [0.3, 0.4) is 0 Å². The highest BCUT2D eigenvalue weighted by Crippen LogP contribution is 2.37. The van der Waals surface area contributed by atoms with Gasteiger partial charge in [0.2, 0.25) is 0 Å². The molecule has 1 unspecified atom stereocenters. The van der Waals surface area contributed by atoms with Gasteiger partial charge in [0.15, 0.2) is 0 Å². The molecule has 2 amide bonds. The Morgan fingerprint density at radius 1 is 1.12 bits per heavy atom. The Hall–Kier alpha value is -2.83. The number of carbonyl (C=O) groups excluding carboxylic acids is 2. The lowest BCUT2D eigenvalue weighted by Gasteiger charge is -2.34. The van der Waals surface area contributed by atoms with Crippen molar-refractivity contribution in [2.75, 3.05) is 24.6 Å². The van der Waals surface area contributed by atoms with Gasteiger partial charge in [0.25, 0.3) is 11.8 Å². The highest BCUT2D eigenvalue weighted by Gasteiger charge is 2.43. The summed E-state index contributed by atoms with van der Waals surface area (Å²) in [4.78, 5) is 30.3. The van der Waals surface area contributed by atoms with Gasteiger partial charge in [-0.1, -0.05) is 29.8 Å². The lowest BCUT2D eigenvalue weighted by molar-refractivity contribution is -0.120. The van der Waals surface area contributed by atoms with Gasteiger partial charge in [-0.3, -0.25) is 9.59 Å². The molecular formula is C25H27ClN2O4. The zero-order chi connectivity index (χ0) is 22.8. The zero-order valence-electron chi connectivity index (χ0n) is 18.3. The van der Waals surface area contributed by atoms with E-state index in [0.29, 0.717) is 46.4 Å². The number of ether oxygens (including phenoxy) is 1. The minimum atomic E-state index is -0.379. The number of carbonyl (C=O) groups is 2. The number of anilines is 1. The van der Waals surface area contributed by atoms with Crippen LogP contribution in [0.25, 0.3) is 5.57 Å². The first kappa shape index (κ1) is 22.4. The van der Waals surface area contributed by atoms with E-state index in [9.17, 15) is 14.7 Å². The molecule has 2 aromatic rings. The van der Waals surface area contributed by atoms with Crippen molar-refractivity contribution in [2.24, 2.45) is 5.92 Å². The van der Waals surface area contributed by atoms with E-state index in [4.69, 9.17) is 16.3 Å². The van der Waals surface area contributed by atoms with Gasteiger partial charge in [0.05, 0.1) is 17.4 Å². The average Bonchev–Trinajstić information content (AvgIpc) is 3.04. The van der Waals surface area contributed by atoms with Crippen LogP contribution in [0.2, 0.25) is 5.02 Å². The Labute approximate surface area is 193 Å². The highest BCUT2D eigenvalue weighted by atomic mass is 35.5. The molecule has 0 spiro atoms. The molecule has 1 fully saturated rings. The first-order valence-electron chi connectivity index (χ1n) is 10.9. The number of nitrogens with zero attached hydrogens (tertiary/aromatic N) is 2. The van der Waals surface area contributed by atoms with Crippen LogP contribution in [0.5, 0.6) is 5.75 Å². The number of imide groups is 1. The van der Waals surface area contributed by atoms with Crippen molar-refractivity contribution in [3.05, 3.63) is 64.8 Å². The molecule has 2 aromatic carbocycles. The summed E-state index contributed by atoms with van der Waals surface area (Å²) in [5.41, 5.74) is 1.84. The normalized spacial score (nSPS) is 19.3. The van der Waals surface area contributed by atoms with Crippen LogP contribution in [0.1, 0.15) is 32.3 Å². The summed E-state index contributed by atoms with van der Waals surface area (Å²) in [6.07, 6.45) is 1.78. The molecule has 1 atom stereocenters. The second kappa shape index (κ2) is 9.35. The van der Waals surface area contributed by atoms with Crippen LogP contribution in [0.4, 0.5) is 5.69 Å². The van der Waals surface area contributed by atoms with Crippen molar-refractivity contribution in [3.63, 3.8) is 0 Å². The highest BCUT2D eigenvalue weighted by molar-refractivity contribution is 6.45. The molecule has 6 nitrogen and oxygen atoms in total. The van der Waals surface area contributed by atoms with Crippen LogP contribution in [-0.2, 0) is 9.59 Å². The number of amides is 2. The van der Waals surface area contributed by atoms with Gasteiger partial charge in [0, 0.05) is 24.7 Å². The Morgan fingerprint density at radius 3 is 2.53 bits per heavy atom. The molecule has 2 aliphatic heterocycles. The summed E-state index contributed by atoms with van der Waals surface area (Å²) in [5.74, 6) is 0.0272. The molecule has 32 heavy (non-hydrogen) atoms. The first-order valence-corrected chi connectivity index (χ1v) is 11.3. The number of halogens is 1. The number of piperidine rings is 1. The quantitative estimate of drug-likeness (QED) is 0.665. The van der Waals surface area contributed by atoms with Gasteiger partial charge in [-0.25, -0.2) is 4.90 Å². The SMILES string of the molecule is CC(C)Oc1ccc(C2=C(N3CCCC(CO)C3)C(=O)N(c3cccc(Cl)c3)C2=O)cc1. The Kier molecular flexibility index (Phi) is 6.53. The molecule has 168 valence electrons. The molecule has 7 heteroatoms. The number of hydrogen-bond acceptors (Lipinski definition) is 5. The Bertz CT molecular complexity index is 1050. The average molecular weight is 455 g/mol. The standard InChI is InChI=1S/C25H27ClN2O4/c1-16(2)32-21-10-8-18(9-11-21)22-23(27-12-4-5-17(14-27)15-29)25(31)28(24(22)30)20-7-3-6-19(26)13-20/h3,6-11,13,16-17,29H,4-5,12,14-15H2,1-2H3. The van der Waals surface area contributed by atoms with E-state index in [1.807, 2.05) is 43.0 Å². The minimum absolute atomic E-state index is 0.0346. The van der Waals surface area contributed by atoms with E-state index in [2.05, 4.69) is 0 Å². The number of rotatable bonds is 6. The number of aliphatic hydroxyl groups is 1. The molecule has 0 saturated carbocycles. The third-order valence-electron chi connectivity index (χ3n) is 5.73. The molecule has 0 radical (unpaired) electrons. The number of aliphatic hydroxyl groups excluding tert-OH is 1. The van der Waals surface area contributed by atoms with Gasteiger partial charge in [-0.05, 0) is 68.5 Å². The van der Waals surface area contributed by atoms with E-state index >= 15 is 0 Å². The third kappa shape index (κ3) is 4.38. The molecule has 0 aliphatic carbocycles. The monoisotopic (exact) mass is 454 g/mol. The fourth-order valence-electron chi connectivity index (χ4n) is 4.31. The predicted molar refractivity (Wildman–Crippen MR) is 124 cm³/mol. The summed E-state index contributed by atoms with van der Waals surface area (Å²) in [7, 11) is 0. The van der Waals surface area contributed by atoms with Crippen LogP contribution >= 0.6 is 11.6 Å². The third-order valence-corrected chi connectivity index (χ3v) is 5.97. The predicted octanol–water partition coefficient (Wildman–Crippen LogP) is 4.12. The molecule has 4 rings (SSSR count). The van der Waals surface area contributed by atoms with Crippen molar-refractivity contribution in [1.82, 2.24) is 4.90 Å². The molecule has 2 heterocycles. The number of hydrogen-bond donors (Lipinski definition) is 1. The van der Waals surface area contributed by atoms with Gasteiger partial charge >= 0.3 is 0 Å². The van der Waals surface area contributed by atoms with Crippen molar-refractivity contribution in [2.45, 2.75) is 32.8 Å². The molecule has 1 saturated heterocycles. The second-order valence-electron chi connectivity index (χ2n) is 8.48. The molecule has 1 N–H and O–H groups in total. The van der Waals surface area contributed by atoms with Crippen LogP contribution < -0.4 is 9.64 Å². The van der Waals surface area contributed by atoms with E-state index in [-0.39, 0.29) is 30.4 Å². The number of benzene rings is 2. The van der Waals surface area contributed by atoms with Crippen molar-refractivity contribution in [1.29, 1.82) is 0 Å². The topological polar surface area (TPSA) is 70.1 Å². The van der Waals surface area contributed by atoms with Crippen molar-refractivity contribution >= 4 is 34.7 Å². The fourth-order valence-corrected chi connectivity index (χ4v) is 4.50. The summed E-state index contributed by atoms with van der Waals surface area (Å²) in [5, 5.41) is 10.1. The maximum Gasteiger partial charge on any atom is 0.282 e. The van der Waals surface area contributed by atoms with Gasteiger partial charge in [0.1, 0.15) is 11.4 Å². The maximum atomic E-state index is 13.6. The first-order chi connectivity index (χ1) is 15.4. The van der Waals surface area contributed by atoms with Crippen LogP contribution in [0.15, 0.2) is 54.2 Å². The Morgan fingerprint density at radius 2 is 1.88 bits per heavy atom. The van der Waals surface area contributed by atoms with Crippen LogP contribution in [0, 0.1) is 5.92 Å². The van der Waals surface area contributed by atoms with Crippen LogP contribution in [-0.4, -0.2) is 47.6 Å². The second-order valence-corrected chi connectivity index (χ2v) is 8.91. The summed E-state index contributed by atoms with van der Waals surface area (Å²) in [6, 6.07) is 14.0. The van der Waals surface area contributed by atoms with E-state index in [1.165, 1.54) is 4.90 Å². The van der Waals surface area contributed by atoms with Crippen molar-refractivity contribution < 1.29 is 19.4 Å². The molecule has 0 bridgehead atoms. The smallest absolute Gasteiger partial charge is 0.282 e. The van der Waals surface area contributed by atoms with Gasteiger partial charge in [-0.15, -0.1) is 0 Å². The van der Waals surface area contributed by atoms with E-state index < -0.39 is 0 Å². The Balaban J connectivity index is 1.77. The summed E-state index contributed by atoms with van der Waals surface area (Å²) < 4.78 is 5.72. The lowest BCUT2D eigenvalue weighted by atomic mass is 9.97. The lowest BCUT2D eigenvalue weighted by Crippen LogP contribution is -2.40. The van der Waals surface area contributed by atoms with Crippen molar-refractivity contribution in [3.8, 4) is 5.75 Å². The van der Waals surface area contributed by atoms with E-state index in [0.717, 1.165) is 12.8 Å². The van der Waals surface area contributed by atoms with Gasteiger partial charge in [-0.2, -0.15) is 0 Å². The molecular weight excluding hydrogens is 428 g/mol. The maximum absolute atomic E-state index is 13.6. The largest absolute Gasteiger partial charge is 0.491 e. The molecule has 2 aliphatic rings. The zero-order valence-corrected chi connectivity index (χ0v) is 19.0. The fraction of sp³-hybridized carbons (Fsp3) is 0.360. The minimum Gasteiger partial charge on any atom is -0.491 e. The molecule has 0 aromatic heterocycles. The van der Waals surface area contributed by atoms with Gasteiger partial charge < -0.3 is 14.7 Å². The van der Waals surface area contributed by atoms with E-state index in [1.54, 1.807) is 24.3 Å². The number of likely N-dealkylation sites (tertiary alicyclic amines) is 1.